The van der Waals surface area contributed by atoms with Crippen molar-refractivity contribution in [1.29, 1.82) is 0 Å². The van der Waals surface area contributed by atoms with Crippen LogP contribution in [0.1, 0.15) is 47.4 Å². The molecule has 240 valence electrons. The molecule has 2 saturated heterocycles. The van der Waals surface area contributed by atoms with Crippen LogP contribution in [0.15, 0.2) is 54.7 Å². The van der Waals surface area contributed by atoms with Gasteiger partial charge in [0.25, 0.3) is 11.8 Å². The fraction of sp³-hybridized carbons (Fsp3) is 0.441. The zero-order chi connectivity index (χ0) is 31.9. The van der Waals surface area contributed by atoms with Crippen molar-refractivity contribution in [3.05, 3.63) is 71.7 Å². The summed E-state index contributed by atoms with van der Waals surface area (Å²) in [6.07, 6.45) is 3.36. The first-order valence-corrected chi connectivity index (χ1v) is 15.9. The smallest absolute Gasteiger partial charge is 0.256 e. The van der Waals surface area contributed by atoms with Crippen LogP contribution >= 0.6 is 0 Å². The molecule has 5 N–H and O–H groups in total. The zero-order valence-electron chi connectivity index (χ0n) is 26.2. The van der Waals surface area contributed by atoms with Crippen molar-refractivity contribution in [2.45, 2.75) is 32.7 Å². The maximum absolute atomic E-state index is 14.4. The number of carbonyl (C=O) groups is 2. The van der Waals surface area contributed by atoms with Gasteiger partial charge in [-0.25, -0.2) is 9.37 Å². The average Bonchev–Trinajstić information content (AvgIpc) is 3.56. The minimum atomic E-state index is -0.363. The summed E-state index contributed by atoms with van der Waals surface area (Å²) in [6.45, 7) is 8.62. The molecule has 3 heterocycles. The fourth-order valence-corrected chi connectivity index (χ4v) is 6.35. The Morgan fingerprint density at radius 1 is 1.02 bits per heavy atom. The van der Waals surface area contributed by atoms with Crippen molar-refractivity contribution in [2.75, 3.05) is 68.8 Å². The van der Waals surface area contributed by atoms with Gasteiger partial charge in [0.15, 0.2) is 0 Å². The van der Waals surface area contributed by atoms with E-state index in [1.54, 1.807) is 12.3 Å². The molecule has 45 heavy (non-hydrogen) atoms. The van der Waals surface area contributed by atoms with Crippen LogP contribution in [0.5, 0.6) is 5.88 Å². The highest BCUT2D eigenvalue weighted by Gasteiger charge is 2.33. The second-order valence-electron chi connectivity index (χ2n) is 11.6. The predicted molar refractivity (Wildman–Crippen MR) is 175 cm³/mol. The van der Waals surface area contributed by atoms with Gasteiger partial charge in [-0.05, 0) is 80.3 Å². The van der Waals surface area contributed by atoms with Crippen LogP contribution in [-0.2, 0) is 0 Å². The lowest BCUT2D eigenvalue weighted by Gasteiger charge is -2.43. The molecule has 0 unspecified atom stereocenters. The third-order valence-electron chi connectivity index (χ3n) is 8.73. The van der Waals surface area contributed by atoms with E-state index in [4.69, 9.17) is 16.2 Å². The fourth-order valence-electron chi connectivity index (χ4n) is 6.35. The van der Waals surface area contributed by atoms with Crippen LogP contribution in [0, 0.1) is 11.7 Å². The number of benzene rings is 2. The topological polar surface area (TPSA) is 130 Å². The third kappa shape index (κ3) is 7.04. The number of amides is 2. The highest BCUT2D eigenvalue weighted by Crippen LogP contribution is 2.35. The Labute approximate surface area is 264 Å². The Balaban J connectivity index is 1.42. The number of nitrogens with two attached hydrogens (primary N) is 2. The second-order valence-corrected chi connectivity index (χ2v) is 11.6. The Hall–Kier alpha value is -4.22. The quantitative estimate of drug-likeness (QED) is 0.298. The molecular formula is C34H44FN7O3. The lowest BCUT2D eigenvalue weighted by Crippen LogP contribution is -2.55. The maximum Gasteiger partial charge on any atom is 0.256 e. The van der Waals surface area contributed by atoms with E-state index in [-0.39, 0.29) is 23.7 Å². The maximum atomic E-state index is 14.4. The molecule has 1 aromatic heterocycles. The number of pyridine rings is 1. The van der Waals surface area contributed by atoms with Crippen molar-refractivity contribution < 1.29 is 18.7 Å². The molecule has 11 heteroatoms. The Morgan fingerprint density at radius 2 is 1.87 bits per heavy atom. The van der Waals surface area contributed by atoms with Gasteiger partial charge in [-0.1, -0.05) is 13.0 Å². The van der Waals surface area contributed by atoms with Crippen LogP contribution < -0.4 is 31.3 Å². The summed E-state index contributed by atoms with van der Waals surface area (Å²) in [5, 5.41) is 2.93. The van der Waals surface area contributed by atoms with Gasteiger partial charge in [-0.15, -0.1) is 0 Å². The molecule has 5 rings (SSSR count). The zero-order valence-corrected chi connectivity index (χ0v) is 26.2. The summed E-state index contributed by atoms with van der Waals surface area (Å²) in [5.41, 5.74) is 15.7. The summed E-state index contributed by atoms with van der Waals surface area (Å²) < 4.78 is 20.1. The molecule has 2 aliphatic heterocycles. The molecule has 0 spiro atoms. The molecular weight excluding hydrogens is 573 g/mol. The Morgan fingerprint density at radius 3 is 2.60 bits per heavy atom. The lowest BCUT2D eigenvalue weighted by atomic mass is 9.99. The van der Waals surface area contributed by atoms with Gasteiger partial charge in [0.1, 0.15) is 5.82 Å². The summed E-state index contributed by atoms with van der Waals surface area (Å²) in [5.74, 6) is 0.140. The normalized spacial score (nSPS) is 18.3. The summed E-state index contributed by atoms with van der Waals surface area (Å²) in [6, 6.07) is 14.0. The minimum absolute atomic E-state index is 0.0377. The first-order valence-electron chi connectivity index (χ1n) is 15.9. The number of piperazine rings is 1. The molecule has 0 radical (unpaired) electrons. The van der Waals surface area contributed by atoms with E-state index < -0.39 is 0 Å². The number of rotatable bonds is 11. The predicted octanol–water partition coefficient (Wildman–Crippen LogP) is 3.50. The molecule has 2 aromatic carbocycles. The summed E-state index contributed by atoms with van der Waals surface area (Å²) in [7, 11) is 0. The lowest BCUT2D eigenvalue weighted by molar-refractivity contribution is 0.0720. The van der Waals surface area contributed by atoms with E-state index in [0.717, 1.165) is 36.2 Å². The molecule has 0 bridgehead atoms. The largest absolute Gasteiger partial charge is 0.478 e. The Kier molecular flexibility index (Phi) is 10.5. The van der Waals surface area contributed by atoms with Crippen LogP contribution in [0.2, 0.25) is 0 Å². The van der Waals surface area contributed by atoms with Crippen molar-refractivity contribution >= 4 is 23.2 Å². The SMILES string of the molecule is CCOc1ncccc1-c1ccc(N2CCN(C(=O)c3ccc(F)cc3N3CC[C@H](CN)C3)C[C@H]2CC)c(C(=O)NCCN)c1. The second kappa shape index (κ2) is 14.7. The molecule has 0 saturated carbocycles. The number of anilines is 2. The van der Waals surface area contributed by atoms with Crippen LogP contribution in [0.25, 0.3) is 11.1 Å². The van der Waals surface area contributed by atoms with Crippen LogP contribution in [-0.4, -0.2) is 86.7 Å². The van der Waals surface area contributed by atoms with E-state index in [1.165, 1.54) is 12.1 Å². The summed E-state index contributed by atoms with van der Waals surface area (Å²) in [4.78, 5) is 38.0. The first-order chi connectivity index (χ1) is 21.9. The van der Waals surface area contributed by atoms with Crippen molar-refractivity contribution in [2.24, 2.45) is 17.4 Å². The van der Waals surface area contributed by atoms with E-state index in [9.17, 15) is 14.0 Å². The van der Waals surface area contributed by atoms with Gasteiger partial charge < -0.3 is 36.2 Å². The van der Waals surface area contributed by atoms with E-state index in [1.807, 2.05) is 42.2 Å². The highest BCUT2D eigenvalue weighted by atomic mass is 19.1. The number of carbonyl (C=O) groups excluding carboxylic acids is 2. The molecule has 2 atom stereocenters. The molecule has 0 aliphatic carbocycles. The van der Waals surface area contributed by atoms with E-state index in [2.05, 4.69) is 27.0 Å². The number of aromatic nitrogens is 1. The van der Waals surface area contributed by atoms with Crippen molar-refractivity contribution in [1.82, 2.24) is 15.2 Å². The number of hydrogen-bond donors (Lipinski definition) is 3. The van der Waals surface area contributed by atoms with Crippen LogP contribution in [0.4, 0.5) is 15.8 Å². The first kappa shape index (κ1) is 32.2. The van der Waals surface area contributed by atoms with E-state index in [0.29, 0.717) is 81.0 Å². The number of halogens is 1. The monoisotopic (exact) mass is 617 g/mol. The number of nitrogens with one attached hydrogen (secondary N) is 1. The van der Waals surface area contributed by atoms with E-state index >= 15 is 0 Å². The minimum Gasteiger partial charge on any atom is -0.478 e. The number of nitrogens with zero attached hydrogens (tertiary/aromatic N) is 4. The van der Waals surface area contributed by atoms with Crippen LogP contribution in [0.3, 0.4) is 0 Å². The molecule has 2 fully saturated rings. The molecule has 2 amide bonds. The van der Waals surface area contributed by atoms with Gasteiger partial charge in [0.2, 0.25) is 5.88 Å². The van der Waals surface area contributed by atoms with Gasteiger partial charge in [-0.2, -0.15) is 0 Å². The average molecular weight is 618 g/mol. The third-order valence-corrected chi connectivity index (χ3v) is 8.73. The summed E-state index contributed by atoms with van der Waals surface area (Å²) >= 11 is 0. The molecule has 3 aromatic rings. The molecule has 10 nitrogen and oxygen atoms in total. The van der Waals surface area contributed by atoms with Gasteiger partial charge in [0, 0.05) is 69.3 Å². The van der Waals surface area contributed by atoms with Crippen molar-refractivity contribution in [3.8, 4) is 17.0 Å². The highest BCUT2D eigenvalue weighted by molar-refractivity contribution is 6.02. The van der Waals surface area contributed by atoms with Gasteiger partial charge in [0.05, 0.1) is 23.4 Å². The molecule has 2 aliphatic rings. The number of hydrogen-bond acceptors (Lipinski definition) is 8. The standard InChI is InChI=1S/C34H44FN7O3/c1-3-26-22-41(34(44)28-9-8-25(35)19-31(28)40-15-11-23(20-37)21-40)16-17-42(26)30-10-7-24(18-29(30)32(43)38-14-12-36)27-6-5-13-39-33(27)45-4-2/h5-10,13,18-19,23,26H,3-4,11-12,14-17,20-22,36-37H2,1-2H3,(H,38,43)/t23-,26-/m1/s1. The Bertz CT molecular complexity index is 1500. The van der Waals surface area contributed by atoms with Gasteiger partial charge in [-0.3, -0.25) is 9.59 Å². The number of ether oxygens (including phenoxy) is 1. The van der Waals surface area contributed by atoms with Crippen molar-refractivity contribution in [3.63, 3.8) is 0 Å². The van der Waals surface area contributed by atoms with Gasteiger partial charge >= 0.3 is 0 Å².